The molecule has 5 heteroatoms. The first-order chi connectivity index (χ1) is 14.7. The van der Waals surface area contributed by atoms with Crippen LogP contribution < -0.4 is 4.74 Å². The fraction of sp³-hybridized carbons (Fsp3) is 0. The summed E-state index contributed by atoms with van der Waals surface area (Å²) in [6.45, 7) is 0. The van der Waals surface area contributed by atoms with Crippen LogP contribution in [-0.2, 0) is 0 Å². The second-order valence-electron chi connectivity index (χ2n) is 6.87. The van der Waals surface area contributed by atoms with Crippen molar-refractivity contribution in [2.75, 3.05) is 0 Å². The minimum Gasteiger partial charge on any atom is -0.478 e. The Balaban J connectivity index is 1.47. The number of hydrogen-bond donors (Lipinski definition) is 2. The molecule has 5 rings (SSSR count). The van der Waals surface area contributed by atoms with Gasteiger partial charge in [-0.2, -0.15) is 0 Å². The SMILES string of the molecule is O=C(O)c1ccc(-c2ccc(-c3cc4cccc(Oc5ccccc5)c4o3)[nH]2)cc1. The zero-order valence-electron chi connectivity index (χ0n) is 15.8. The van der Waals surface area contributed by atoms with Gasteiger partial charge in [-0.25, -0.2) is 4.79 Å². The summed E-state index contributed by atoms with van der Waals surface area (Å²) < 4.78 is 12.1. The summed E-state index contributed by atoms with van der Waals surface area (Å²) in [5, 5.41) is 10.00. The number of carboxylic acid groups (broad SMARTS) is 1. The molecule has 0 aliphatic heterocycles. The maximum atomic E-state index is 11.0. The second kappa shape index (κ2) is 7.29. The summed E-state index contributed by atoms with van der Waals surface area (Å²) >= 11 is 0. The van der Waals surface area contributed by atoms with E-state index in [1.165, 1.54) is 0 Å². The number of furan rings is 1. The second-order valence-corrected chi connectivity index (χ2v) is 6.87. The van der Waals surface area contributed by atoms with Gasteiger partial charge in [-0.3, -0.25) is 0 Å². The van der Waals surface area contributed by atoms with Gasteiger partial charge in [-0.05, 0) is 54.1 Å². The van der Waals surface area contributed by atoms with Crippen molar-refractivity contribution in [2.24, 2.45) is 0 Å². The summed E-state index contributed by atoms with van der Waals surface area (Å²) in [4.78, 5) is 14.4. The Morgan fingerprint density at radius 2 is 1.60 bits per heavy atom. The molecule has 3 aromatic carbocycles. The van der Waals surface area contributed by atoms with Gasteiger partial charge in [0, 0.05) is 11.1 Å². The smallest absolute Gasteiger partial charge is 0.335 e. The van der Waals surface area contributed by atoms with Crippen molar-refractivity contribution in [2.45, 2.75) is 0 Å². The van der Waals surface area contributed by atoms with Crippen molar-refractivity contribution in [3.8, 4) is 34.2 Å². The Hall–Kier alpha value is -4.25. The number of benzene rings is 3. The average Bonchev–Trinajstić information content (AvgIpc) is 3.42. The van der Waals surface area contributed by atoms with E-state index in [4.69, 9.17) is 14.3 Å². The molecule has 0 unspecified atom stereocenters. The Morgan fingerprint density at radius 3 is 2.37 bits per heavy atom. The van der Waals surface area contributed by atoms with Gasteiger partial charge in [-0.15, -0.1) is 0 Å². The fourth-order valence-electron chi connectivity index (χ4n) is 3.36. The summed E-state index contributed by atoms with van der Waals surface area (Å²) in [6.07, 6.45) is 0. The van der Waals surface area contributed by atoms with Crippen LogP contribution in [0.4, 0.5) is 0 Å². The third kappa shape index (κ3) is 3.33. The molecular weight excluding hydrogens is 378 g/mol. The van der Waals surface area contributed by atoms with Crippen molar-refractivity contribution in [1.29, 1.82) is 0 Å². The van der Waals surface area contributed by atoms with Gasteiger partial charge in [0.05, 0.1) is 11.3 Å². The minimum atomic E-state index is -0.940. The summed E-state index contributed by atoms with van der Waals surface area (Å²) in [6, 6.07) is 28.0. The Bertz CT molecular complexity index is 1330. The standard InChI is InChI=1S/C25H17NO4/c27-25(28)17-11-9-16(10-12-17)20-13-14-21(26-20)23-15-18-5-4-8-22(24(18)30-23)29-19-6-2-1-3-7-19/h1-15,26H,(H,27,28). The van der Waals surface area contributed by atoms with Crippen LogP contribution in [0, 0.1) is 0 Å². The Labute approximate surface area is 172 Å². The van der Waals surface area contributed by atoms with Crippen LogP contribution in [0.1, 0.15) is 10.4 Å². The number of fused-ring (bicyclic) bond motifs is 1. The largest absolute Gasteiger partial charge is 0.478 e. The predicted molar refractivity (Wildman–Crippen MR) is 115 cm³/mol. The van der Waals surface area contributed by atoms with E-state index in [1.807, 2.05) is 66.7 Å². The van der Waals surface area contributed by atoms with Crippen molar-refractivity contribution < 1.29 is 19.1 Å². The molecule has 0 spiro atoms. The number of para-hydroxylation sites is 2. The summed E-state index contributed by atoms with van der Waals surface area (Å²) in [7, 11) is 0. The number of H-pyrrole nitrogens is 1. The van der Waals surface area contributed by atoms with Gasteiger partial charge in [0.15, 0.2) is 17.1 Å². The highest BCUT2D eigenvalue weighted by Crippen LogP contribution is 2.36. The molecule has 0 bridgehead atoms. The van der Waals surface area contributed by atoms with E-state index in [1.54, 1.807) is 24.3 Å². The number of rotatable bonds is 5. The number of aromatic amines is 1. The first-order valence-corrected chi connectivity index (χ1v) is 9.46. The van der Waals surface area contributed by atoms with Gasteiger partial charge < -0.3 is 19.2 Å². The third-order valence-electron chi connectivity index (χ3n) is 4.87. The van der Waals surface area contributed by atoms with Crippen LogP contribution >= 0.6 is 0 Å². The zero-order valence-corrected chi connectivity index (χ0v) is 15.8. The van der Waals surface area contributed by atoms with Crippen LogP contribution in [-0.4, -0.2) is 16.1 Å². The lowest BCUT2D eigenvalue weighted by molar-refractivity contribution is 0.0697. The number of nitrogens with one attached hydrogen (secondary N) is 1. The van der Waals surface area contributed by atoms with Gasteiger partial charge in [0.1, 0.15) is 5.75 Å². The first kappa shape index (κ1) is 17.8. The maximum Gasteiger partial charge on any atom is 0.335 e. The van der Waals surface area contributed by atoms with Crippen molar-refractivity contribution in [1.82, 2.24) is 4.98 Å². The quantitative estimate of drug-likeness (QED) is 0.352. The molecule has 0 saturated carbocycles. The van der Waals surface area contributed by atoms with E-state index in [0.29, 0.717) is 17.1 Å². The topological polar surface area (TPSA) is 75.5 Å². The van der Waals surface area contributed by atoms with Crippen LogP contribution in [0.5, 0.6) is 11.5 Å². The van der Waals surface area contributed by atoms with E-state index >= 15 is 0 Å². The van der Waals surface area contributed by atoms with Gasteiger partial charge in [-0.1, -0.05) is 42.5 Å². The van der Waals surface area contributed by atoms with Crippen LogP contribution in [0.15, 0.2) is 95.4 Å². The normalized spacial score (nSPS) is 10.9. The number of aromatic carboxylic acids is 1. The van der Waals surface area contributed by atoms with E-state index in [2.05, 4.69) is 4.98 Å². The first-order valence-electron chi connectivity index (χ1n) is 9.46. The highest BCUT2D eigenvalue weighted by molar-refractivity contribution is 5.89. The Kier molecular flexibility index (Phi) is 4.33. The fourth-order valence-corrected chi connectivity index (χ4v) is 3.36. The summed E-state index contributed by atoms with van der Waals surface area (Å²) in [5.41, 5.74) is 3.54. The molecule has 0 amide bonds. The molecule has 0 atom stereocenters. The van der Waals surface area contributed by atoms with E-state index in [9.17, 15) is 4.79 Å². The highest BCUT2D eigenvalue weighted by atomic mass is 16.5. The maximum absolute atomic E-state index is 11.0. The van der Waals surface area contributed by atoms with Gasteiger partial charge >= 0.3 is 5.97 Å². The van der Waals surface area contributed by atoms with Crippen LogP contribution in [0.25, 0.3) is 33.7 Å². The minimum absolute atomic E-state index is 0.258. The number of aromatic nitrogens is 1. The average molecular weight is 395 g/mol. The predicted octanol–water partition coefficient (Wildman–Crippen LogP) is 6.59. The number of ether oxygens (including phenoxy) is 1. The molecule has 0 radical (unpaired) electrons. The highest BCUT2D eigenvalue weighted by Gasteiger charge is 2.13. The molecule has 0 aliphatic carbocycles. The van der Waals surface area contributed by atoms with Crippen molar-refractivity contribution in [3.05, 3.63) is 96.6 Å². The zero-order chi connectivity index (χ0) is 20.5. The van der Waals surface area contributed by atoms with Crippen molar-refractivity contribution in [3.63, 3.8) is 0 Å². The van der Waals surface area contributed by atoms with E-state index in [0.717, 1.165) is 28.1 Å². The molecule has 146 valence electrons. The molecule has 2 aromatic heterocycles. The van der Waals surface area contributed by atoms with Crippen molar-refractivity contribution >= 4 is 16.9 Å². The number of carbonyl (C=O) groups is 1. The molecule has 0 aliphatic rings. The molecule has 2 heterocycles. The number of hydrogen-bond acceptors (Lipinski definition) is 3. The molecule has 30 heavy (non-hydrogen) atoms. The van der Waals surface area contributed by atoms with E-state index < -0.39 is 5.97 Å². The molecule has 2 N–H and O–H groups in total. The molecule has 5 nitrogen and oxygen atoms in total. The molecule has 0 saturated heterocycles. The molecular formula is C25H17NO4. The van der Waals surface area contributed by atoms with E-state index in [-0.39, 0.29) is 5.56 Å². The van der Waals surface area contributed by atoms with Gasteiger partial charge in [0.25, 0.3) is 0 Å². The third-order valence-corrected chi connectivity index (χ3v) is 4.87. The Morgan fingerprint density at radius 1 is 0.833 bits per heavy atom. The monoisotopic (exact) mass is 395 g/mol. The molecule has 5 aromatic rings. The lowest BCUT2D eigenvalue weighted by atomic mass is 10.1. The molecule has 0 fully saturated rings. The van der Waals surface area contributed by atoms with Crippen LogP contribution in [0.3, 0.4) is 0 Å². The van der Waals surface area contributed by atoms with Gasteiger partial charge in [0.2, 0.25) is 0 Å². The lowest BCUT2D eigenvalue weighted by Crippen LogP contribution is -1.94. The number of carboxylic acids is 1. The summed E-state index contributed by atoms with van der Waals surface area (Å²) in [5.74, 6) is 1.16. The lowest BCUT2D eigenvalue weighted by Gasteiger charge is -2.05. The van der Waals surface area contributed by atoms with Crippen LogP contribution in [0.2, 0.25) is 0 Å².